The summed E-state index contributed by atoms with van der Waals surface area (Å²) in [5, 5.41) is 6.48. The molecule has 1 fully saturated rings. The number of rotatable bonds is 5. The topological polar surface area (TPSA) is 41.1 Å². The van der Waals surface area contributed by atoms with E-state index in [1.165, 1.54) is 0 Å². The van der Waals surface area contributed by atoms with E-state index in [2.05, 4.69) is 38.3 Å². The van der Waals surface area contributed by atoms with Gasteiger partial charge in [0.05, 0.1) is 0 Å². The smallest absolute Gasteiger partial charge is 0.220 e. The normalized spacial score (nSPS) is 18.4. The molecule has 1 rings (SSSR count). The van der Waals surface area contributed by atoms with Crippen molar-refractivity contribution in [3.05, 3.63) is 0 Å². The zero-order chi connectivity index (χ0) is 12.9. The first-order valence-corrected chi connectivity index (χ1v) is 6.89. The van der Waals surface area contributed by atoms with Crippen LogP contribution in [-0.2, 0) is 4.79 Å². The van der Waals surface area contributed by atoms with Gasteiger partial charge in [-0.15, -0.1) is 0 Å². The van der Waals surface area contributed by atoms with Crippen molar-refractivity contribution in [2.24, 2.45) is 11.3 Å². The van der Waals surface area contributed by atoms with Gasteiger partial charge in [0.1, 0.15) is 0 Å². The van der Waals surface area contributed by atoms with Crippen LogP contribution in [0.15, 0.2) is 0 Å². The molecule has 100 valence electrons. The number of hydrogen-bond donors (Lipinski definition) is 2. The van der Waals surface area contributed by atoms with Crippen molar-refractivity contribution in [1.82, 2.24) is 10.6 Å². The van der Waals surface area contributed by atoms with Crippen LogP contribution in [0.4, 0.5) is 0 Å². The molecule has 3 nitrogen and oxygen atoms in total. The molecule has 0 aromatic rings. The number of carbonyl (C=O) groups is 1. The summed E-state index contributed by atoms with van der Waals surface area (Å²) in [5.74, 6) is 0.874. The van der Waals surface area contributed by atoms with E-state index in [1.54, 1.807) is 0 Å². The zero-order valence-electron chi connectivity index (χ0n) is 11.8. The number of hydrogen-bond acceptors (Lipinski definition) is 2. The molecule has 0 saturated carbocycles. The van der Waals surface area contributed by atoms with E-state index < -0.39 is 0 Å². The first-order valence-electron chi connectivity index (χ1n) is 6.89. The Kier molecular flexibility index (Phi) is 5.44. The van der Waals surface area contributed by atoms with E-state index >= 15 is 0 Å². The molecule has 0 aromatic carbocycles. The van der Waals surface area contributed by atoms with Crippen molar-refractivity contribution in [3.8, 4) is 0 Å². The lowest BCUT2D eigenvalue weighted by molar-refractivity contribution is -0.124. The lowest BCUT2D eigenvalue weighted by atomic mass is 9.81. The number of nitrogens with one attached hydrogen (secondary N) is 2. The minimum atomic E-state index is 0.116. The van der Waals surface area contributed by atoms with E-state index in [9.17, 15) is 4.79 Å². The summed E-state index contributed by atoms with van der Waals surface area (Å²) in [5.41, 5.74) is 0.116. The van der Waals surface area contributed by atoms with Crippen molar-refractivity contribution in [2.45, 2.75) is 59.4 Å². The van der Waals surface area contributed by atoms with Crippen LogP contribution in [0.3, 0.4) is 0 Å². The molecule has 1 aliphatic rings. The van der Waals surface area contributed by atoms with Gasteiger partial charge in [-0.25, -0.2) is 0 Å². The van der Waals surface area contributed by atoms with Gasteiger partial charge in [-0.2, -0.15) is 0 Å². The minimum Gasteiger partial charge on any atom is -0.353 e. The van der Waals surface area contributed by atoms with Crippen LogP contribution in [0.1, 0.15) is 53.4 Å². The maximum atomic E-state index is 12.0. The van der Waals surface area contributed by atoms with Gasteiger partial charge in [-0.05, 0) is 43.7 Å². The highest BCUT2D eigenvalue weighted by Crippen LogP contribution is 2.29. The highest BCUT2D eigenvalue weighted by molar-refractivity contribution is 5.76. The van der Waals surface area contributed by atoms with E-state index in [0.717, 1.165) is 32.4 Å². The minimum absolute atomic E-state index is 0.116. The largest absolute Gasteiger partial charge is 0.353 e. The Hall–Kier alpha value is -0.570. The summed E-state index contributed by atoms with van der Waals surface area (Å²) in [6, 6.07) is 0.388. The van der Waals surface area contributed by atoms with Gasteiger partial charge < -0.3 is 10.6 Å². The SMILES string of the molecule is CC(C)CC(C)(C)CC(=O)NC1CCNCC1. The van der Waals surface area contributed by atoms with Gasteiger partial charge in [-0.3, -0.25) is 4.79 Å². The molecule has 0 bridgehead atoms. The van der Waals surface area contributed by atoms with Gasteiger partial charge in [0.25, 0.3) is 0 Å². The van der Waals surface area contributed by atoms with Gasteiger partial charge in [0.2, 0.25) is 5.91 Å². The molecular weight excluding hydrogens is 212 g/mol. The third-order valence-electron chi connectivity index (χ3n) is 3.30. The third-order valence-corrected chi connectivity index (χ3v) is 3.30. The number of piperidine rings is 1. The van der Waals surface area contributed by atoms with E-state index in [1.807, 2.05) is 0 Å². The highest BCUT2D eigenvalue weighted by atomic mass is 16.1. The second-order valence-electron chi connectivity index (χ2n) is 6.53. The van der Waals surface area contributed by atoms with Crippen molar-refractivity contribution in [2.75, 3.05) is 13.1 Å². The summed E-state index contributed by atoms with van der Waals surface area (Å²) >= 11 is 0. The summed E-state index contributed by atoms with van der Waals surface area (Å²) in [6.45, 7) is 10.9. The monoisotopic (exact) mass is 240 g/mol. The highest BCUT2D eigenvalue weighted by Gasteiger charge is 2.24. The molecule has 1 heterocycles. The second kappa shape index (κ2) is 6.39. The van der Waals surface area contributed by atoms with Gasteiger partial charge in [-0.1, -0.05) is 27.7 Å². The fourth-order valence-corrected chi connectivity index (χ4v) is 2.86. The molecule has 0 radical (unpaired) electrons. The Morgan fingerprint density at radius 1 is 1.35 bits per heavy atom. The molecule has 0 spiro atoms. The molecule has 1 saturated heterocycles. The van der Waals surface area contributed by atoms with Gasteiger partial charge in [0.15, 0.2) is 0 Å². The summed E-state index contributed by atoms with van der Waals surface area (Å²) in [7, 11) is 0. The van der Waals surface area contributed by atoms with Crippen molar-refractivity contribution >= 4 is 5.91 Å². The van der Waals surface area contributed by atoms with E-state index in [0.29, 0.717) is 18.4 Å². The fraction of sp³-hybridized carbons (Fsp3) is 0.929. The standard InChI is InChI=1S/C14H28N2O/c1-11(2)9-14(3,4)10-13(17)16-12-5-7-15-8-6-12/h11-12,15H,5-10H2,1-4H3,(H,16,17). The summed E-state index contributed by atoms with van der Waals surface area (Å²) < 4.78 is 0. The van der Waals surface area contributed by atoms with Crippen LogP contribution >= 0.6 is 0 Å². The van der Waals surface area contributed by atoms with Crippen molar-refractivity contribution < 1.29 is 4.79 Å². The van der Waals surface area contributed by atoms with Crippen LogP contribution in [0.5, 0.6) is 0 Å². The van der Waals surface area contributed by atoms with Crippen LogP contribution < -0.4 is 10.6 Å². The maximum Gasteiger partial charge on any atom is 0.220 e. The molecule has 0 atom stereocenters. The predicted molar refractivity (Wildman–Crippen MR) is 71.9 cm³/mol. The molecule has 1 amide bonds. The Bertz CT molecular complexity index is 243. The molecule has 0 unspecified atom stereocenters. The first-order chi connectivity index (χ1) is 7.89. The van der Waals surface area contributed by atoms with Crippen LogP contribution in [-0.4, -0.2) is 25.0 Å². The third kappa shape index (κ3) is 6.06. The van der Waals surface area contributed by atoms with Crippen LogP contribution in [0, 0.1) is 11.3 Å². The quantitative estimate of drug-likeness (QED) is 0.774. The second-order valence-corrected chi connectivity index (χ2v) is 6.53. The Morgan fingerprint density at radius 3 is 2.47 bits per heavy atom. The summed E-state index contributed by atoms with van der Waals surface area (Å²) in [6.07, 6.45) is 3.88. The molecular formula is C14H28N2O. The van der Waals surface area contributed by atoms with Gasteiger partial charge in [0, 0.05) is 12.5 Å². The maximum absolute atomic E-state index is 12.0. The van der Waals surface area contributed by atoms with E-state index in [-0.39, 0.29) is 11.3 Å². The Morgan fingerprint density at radius 2 is 1.94 bits per heavy atom. The first kappa shape index (κ1) is 14.5. The molecule has 2 N–H and O–H groups in total. The van der Waals surface area contributed by atoms with Crippen LogP contribution in [0.2, 0.25) is 0 Å². The Labute approximate surface area is 106 Å². The molecule has 3 heteroatoms. The van der Waals surface area contributed by atoms with Gasteiger partial charge >= 0.3 is 0 Å². The molecule has 17 heavy (non-hydrogen) atoms. The molecule has 0 aliphatic carbocycles. The average Bonchev–Trinajstić information content (AvgIpc) is 2.15. The number of carbonyl (C=O) groups excluding carboxylic acids is 1. The molecule has 1 aliphatic heterocycles. The van der Waals surface area contributed by atoms with E-state index in [4.69, 9.17) is 0 Å². The number of amides is 1. The lowest BCUT2D eigenvalue weighted by Crippen LogP contribution is -2.43. The lowest BCUT2D eigenvalue weighted by Gasteiger charge is -2.28. The fourth-order valence-electron chi connectivity index (χ4n) is 2.86. The Balaban J connectivity index is 2.32. The predicted octanol–water partition coefficient (Wildman–Crippen LogP) is 2.32. The molecule has 0 aromatic heterocycles. The summed E-state index contributed by atoms with van der Waals surface area (Å²) in [4.78, 5) is 12.0. The van der Waals surface area contributed by atoms with Crippen molar-refractivity contribution in [1.29, 1.82) is 0 Å². The van der Waals surface area contributed by atoms with Crippen LogP contribution in [0.25, 0.3) is 0 Å². The average molecular weight is 240 g/mol. The van der Waals surface area contributed by atoms with Crippen molar-refractivity contribution in [3.63, 3.8) is 0 Å². The zero-order valence-corrected chi connectivity index (χ0v) is 11.8.